The van der Waals surface area contributed by atoms with Crippen LogP contribution in [0.2, 0.25) is 0 Å². The minimum absolute atomic E-state index is 0.0494. The molecule has 80 valence electrons. The summed E-state index contributed by atoms with van der Waals surface area (Å²) >= 11 is 1.71. The Morgan fingerprint density at radius 1 is 1.47 bits per heavy atom. The van der Waals surface area contributed by atoms with Crippen LogP contribution in [0.15, 0.2) is 33.6 Å². The molecule has 0 aliphatic rings. The van der Waals surface area contributed by atoms with E-state index < -0.39 is 0 Å². The van der Waals surface area contributed by atoms with E-state index in [-0.39, 0.29) is 6.04 Å². The molecule has 2 nitrogen and oxygen atoms in total. The lowest BCUT2D eigenvalue weighted by Gasteiger charge is -2.09. The zero-order valence-electron chi connectivity index (χ0n) is 8.77. The number of thiophene rings is 1. The molecule has 0 bridgehead atoms. The number of rotatable bonds is 4. The second-order valence-electron chi connectivity index (χ2n) is 3.59. The summed E-state index contributed by atoms with van der Waals surface area (Å²) in [5.74, 6) is 1.01. The SMILES string of the molecule is CCc1occc1C(N)Cc1ccsc1. The summed E-state index contributed by atoms with van der Waals surface area (Å²) in [5.41, 5.74) is 8.60. The van der Waals surface area contributed by atoms with Gasteiger partial charge in [-0.1, -0.05) is 6.92 Å². The van der Waals surface area contributed by atoms with Gasteiger partial charge in [0.25, 0.3) is 0 Å². The fourth-order valence-corrected chi connectivity index (χ4v) is 2.42. The van der Waals surface area contributed by atoms with Gasteiger partial charge in [-0.05, 0) is 34.9 Å². The van der Waals surface area contributed by atoms with E-state index in [2.05, 4.69) is 23.8 Å². The van der Waals surface area contributed by atoms with Gasteiger partial charge < -0.3 is 10.2 Å². The van der Waals surface area contributed by atoms with Gasteiger partial charge in [-0.3, -0.25) is 0 Å². The first-order valence-corrected chi connectivity index (χ1v) is 6.08. The molecule has 2 aromatic rings. The van der Waals surface area contributed by atoms with Gasteiger partial charge in [0.1, 0.15) is 5.76 Å². The Kier molecular flexibility index (Phi) is 3.23. The molecule has 0 radical (unpaired) electrons. The smallest absolute Gasteiger partial charge is 0.108 e. The van der Waals surface area contributed by atoms with E-state index in [1.165, 1.54) is 5.56 Å². The monoisotopic (exact) mass is 221 g/mol. The zero-order chi connectivity index (χ0) is 10.7. The summed E-state index contributed by atoms with van der Waals surface area (Å²) in [5, 5.41) is 4.23. The molecule has 1 atom stereocenters. The average Bonchev–Trinajstić information content (AvgIpc) is 2.86. The fraction of sp³-hybridized carbons (Fsp3) is 0.333. The van der Waals surface area contributed by atoms with Crippen molar-refractivity contribution < 1.29 is 4.42 Å². The lowest BCUT2D eigenvalue weighted by molar-refractivity contribution is 0.505. The van der Waals surface area contributed by atoms with Crippen molar-refractivity contribution in [3.05, 3.63) is 46.0 Å². The molecular formula is C12H15NOS. The third-order valence-electron chi connectivity index (χ3n) is 2.54. The number of furan rings is 1. The molecule has 3 heteroatoms. The molecule has 0 saturated carbocycles. The van der Waals surface area contributed by atoms with E-state index in [1.54, 1.807) is 17.6 Å². The molecule has 2 rings (SSSR count). The van der Waals surface area contributed by atoms with Crippen LogP contribution in [0.1, 0.15) is 29.9 Å². The first-order chi connectivity index (χ1) is 7.31. The zero-order valence-corrected chi connectivity index (χ0v) is 9.59. The highest BCUT2D eigenvalue weighted by atomic mass is 32.1. The Hall–Kier alpha value is -1.06. The summed E-state index contributed by atoms with van der Waals surface area (Å²) in [7, 11) is 0. The standard InChI is InChI=1S/C12H15NOS/c1-2-12-10(3-5-14-12)11(13)7-9-4-6-15-8-9/h3-6,8,11H,2,7,13H2,1H3. The van der Waals surface area contributed by atoms with Crippen molar-refractivity contribution in [1.29, 1.82) is 0 Å². The number of hydrogen-bond acceptors (Lipinski definition) is 3. The molecule has 0 aliphatic carbocycles. The molecule has 2 aromatic heterocycles. The van der Waals surface area contributed by atoms with Gasteiger partial charge in [-0.25, -0.2) is 0 Å². The van der Waals surface area contributed by atoms with Gasteiger partial charge in [0.05, 0.1) is 6.26 Å². The molecule has 0 aromatic carbocycles. The van der Waals surface area contributed by atoms with Crippen LogP contribution in [0.3, 0.4) is 0 Å². The number of nitrogens with two attached hydrogens (primary N) is 1. The topological polar surface area (TPSA) is 39.2 Å². The fourth-order valence-electron chi connectivity index (χ4n) is 1.74. The Morgan fingerprint density at radius 3 is 3.00 bits per heavy atom. The molecule has 2 heterocycles. The van der Waals surface area contributed by atoms with Crippen LogP contribution >= 0.6 is 11.3 Å². The lowest BCUT2D eigenvalue weighted by atomic mass is 10.0. The van der Waals surface area contributed by atoms with Gasteiger partial charge >= 0.3 is 0 Å². The Bertz CT molecular complexity index is 405. The van der Waals surface area contributed by atoms with Crippen LogP contribution in [-0.4, -0.2) is 0 Å². The van der Waals surface area contributed by atoms with E-state index in [9.17, 15) is 0 Å². The molecule has 0 aliphatic heterocycles. The minimum Gasteiger partial charge on any atom is -0.469 e. The van der Waals surface area contributed by atoms with Crippen LogP contribution in [-0.2, 0) is 12.8 Å². The van der Waals surface area contributed by atoms with Gasteiger partial charge in [0.2, 0.25) is 0 Å². The highest BCUT2D eigenvalue weighted by Gasteiger charge is 2.13. The van der Waals surface area contributed by atoms with Crippen LogP contribution in [0.4, 0.5) is 0 Å². The predicted molar refractivity (Wildman–Crippen MR) is 63.0 cm³/mol. The molecule has 2 N–H and O–H groups in total. The van der Waals surface area contributed by atoms with Crippen molar-refractivity contribution in [2.24, 2.45) is 5.73 Å². The molecule has 0 fully saturated rings. The maximum atomic E-state index is 6.15. The molecule has 15 heavy (non-hydrogen) atoms. The quantitative estimate of drug-likeness (QED) is 0.861. The first-order valence-electron chi connectivity index (χ1n) is 5.14. The van der Waals surface area contributed by atoms with E-state index in [1.807, 2.05) is 6.07 Å². The first kappa shape index (κ1) is 10.5. The molecule has 0 spiro atoms. The number of hydrogen-bond donors (Lipinski definition) is 1. The van der Waals surface area contributed by atoms with Gasteiger partial charge in [-0.2, -0.15) is 11.3 Å². The van der Waals surface area contributed by atoms with E-state index in [4.69, 9.17) is 10.2 Å². The van der Waals surface area contributed by atoms with Gasteiger partial charge in [0.15, 0.2) is 0 Å². The highest BCUT2D eigenvalue weighted by Crippen LogP contribution is 2.22. The van der Waals surface area contributed by atoms with E-state index >= 15 is 0 Å². The van der Waals surface area contributed by atoms with Gasteiger partial charge in [-0.15, -0.1) is 0 Å². The van der Waals surface area contributed by atoms with Gasteiger partial charge in [0, 0.05) is 18.0 Å². The maximum absolute atomic E-state index is 6.15. The Morgan fingerprint density at radius 2 is 2.33 bits per heavy atom. The van der Waals surface area contributed by atoms with Crippen molar-refractivity contribution in [3.8, 4) is 0 Å². The van der Waals surface area contributed by atoms with Crippen molar-refractivity contribution >= 4 is 11.3 Å². The van der Waals surface area contributed by atoms with Crippen LogP contribution in [0.5, 0.6) is 0 Å². The molecule has 0 amide bonds. The summed E-state index contributed by atoms with van der Waals surface area (Å²) < 4.78 is 5.38. The third kappa shape index (κ3) is 2.30. The second kappa shape index (κ2) is 4.64. The Labute approximate surface area is 93.7 Å². The van der Waals surface area contributed by atoms with Crippen molar-refractivity contribution in [2.45, 2.75) is 25.8 Å². The molecule has 0 saturated heterocycles. The largest absolute Gasteiger partial charge is 0.469 e. The maximum Gasteiger partial charge on any atom is 0.108 e. The van der Waals surface area contributed by atoms with E-state index in [0.717, 1.165) is 24.2 Å². The van der Waals surface area contributed by atoms with Crippen LogP contribution < -0.4 is 5.73 Å². The second-order valence-corrected chi connectivity index (χ2v) is 4.37. The lowest BCUT2D eigenvalue weighted by Crippen LogP contribution is -2.13. The molecule has 1 unspecified atom stereocenters. The highest BCUT2D eigenvalue weighted by molar-refractivity contribution is 7.07. The molecular weight excluding hydrogens is 206 g/mol. The average molecular weight is 221 g/mol. The Balaban J connectivity index is 2.11. The van der Waals surface area contributed by atoms with Crippen molar-refractivity contribution in [2.75, 3.05) is 0 Å². The number of aryl methyl sites for hydroxylation is 1. The summed E-state index contributed by atoms with van der Waals surface area (Å²) in [6.45, 7) is 2.08. The van der Waals surface area contributed by atoms with Crippen LogP contribution in [0, 0.1) is 0 Å². The summed E-state index contributed by atoms with van der Waals surface area (Å²) in [6.07, 6.45) is 3.51. The van der Waals surface area contributed by atoms with Crippen LogP contribution in [0.25, 0.3) is 0 Å². The third-order valence-corrected chi connectivity index (χ3v) is 3.27. The summed E-state index contributed by atoms with van der Waals surface area (Å²) in [6, 6.07) is 4.15. The van der Waals surface area contributed by atoms with E-state index in [0.29, 0.717) is 0 Å². The van der Waals surface area contributed by atoms with Crippen molar-refractivity contribution in [1.82, 2.24) is 0 Å². The summed E-state index contributed by atoms with van der Waals surface area (Å²) in [4.78, 5) is 0. The minimum atomic E-state index is 0.0494. The predicted octanol–water partition coefficient (Wildman–Crippen LogP) is 3.15. The van der Waals surface area contributed by atoms with Crippen molar-refractivity contribution in [3.63, 3.8) is 0 Å². The normalized spacial score (nSPS) is 12.9.